The zero-order valence-electron chi connectivity index (χ0n) is 16.7. The highest BCUT2D eigenvalue weighted by molar-refractivity contribution is 7.09. The molecule has 1 aliphatic heterocycles. The van der Waals surface area contributed by atoms with Gasteiger partial charge in [0.25, 0.3) is 0 Å². The summed E-state index contributed by atoms with van der Waals surface area (Å²) in [7, 11) is 1.32. The molecule has 0 aromatic carbocycles. The lowest BCUT2D eigenvalue weighted by atomic mass is 10.1. The van der Waals surface area contributed by atoms with E-state index in [9.17, 15) is 9.59 Å². The molecule has 3 atom stereocenters. The number of alkyl carbamates (subject to hydrolysis) is 1. The van der Waals surface area contributed by atoms with Crippen molar-refractivity contribution in [2.75, 3.05) is 7.11 Å². The number of ether oxygens (including phenoxy) is 3. The van der Waals surface area contributed by atoms with E-state index in [0.29, 0.717) is 16.6 Å². The van der Waals surface area contributed by atoms with Gasteiger partial charge in [0.1, 0.15) is 22.4 Å². The van der Waals surface area contributed by atoms with Crippen LogP contribution in [0.5, 0.6) is 0 Å². The summed E-state index contributed by atoms with van der Waals surface area (Å²) in [6, 6.07) is -1.01. The molecule has 0 spiro atoms. The fourth-order valence-electron chi connectivity index (χ4n) is 2.47. The Bertz CT molecular complexity index is 723. The fraction of sp³-hybridized carbons (Fsp3) is 0.667. The number of aromatic nitrogens is 1. The summed E-state index contributed by atoms with van der Waals surface area (Å²) in [4.78, 5) is 32.7. The monoisotopic (exact) mass is 397 g/mol. The number of hydrogen-bond donors (Lipinski definition) is 1. The van der Waals surface area contributed by atoms with Crippen LogP contribution >= 0.6 is 11.3 Å². The molecule has 1 aromatic rings. The van der Waals surface area contributed by atoms with Crippen LogP contribution in [-0.4, -0.2) is 47.8 Å². The number of methoxy groups -OCH3 is 1. The number of nitrogens with one attached hydrogen (secondary N) is 1. The van der Waals surface area contributed by atoms with Gasteiger partial charge in [-0.15, -0.1) is 11.3 Å². The lowest BCUT2D eigenvalue weighted by Gasteiger charge is -2.24. The predicted molar refractivity (Wildman–Crippen MR) is 102 cm³/mol. The van der Waals surface area contributed by atoms with Crippen molar-refractivity contribution in [1.82, 2.24) is 10.3 Å². The molecule has 1 N–H and O–H groups in total. The van der Waals surface area contributed by atoms with Gasteiger partial charge in [-0.05, 0) is 33.6 Å². The quantitative estimate of drug-likeness (QED) is 0.767. The van der Waals surface area contributed by atoms with E-state index in [4.69, 9.17) is 14.2 Å². The normalized spacial score (nSPS) is 20.7. The lowest BCUT2D eigenvalue weighted by Crippen LogP contribution is -2.36. The van der Waals surface area contributed by atoms with Gasteiger partial charge in [-0.3, -0.25) is 0 Å². The Kier molecular flexibility index (Phi) is 6.46. The average Bonchev–Trinajstić information content (AvgIpc) is 3.16. The molecule has 1 aliphatic rings. The maximum Gasteiger partial charge on any atom is 0.408 e. The molecule has 27 heavy (non-hydrogen) atoms. The minimum absolute atomic E-state index is 0.102. The molecule has 0 radical (unpaired) electrons. The molecule has 1 amide bonds. The zero-order valence-corrected chi connectivity index (χ0v) is 17.5. The molecular formula is C18H27N3O5S. The summed E-state index contributed by atoms with van der Waals surface area (Å²) < 4.78 is 15.7. The summed E-state index contributed by atoms with van der Waals surface area (Å²) in [5, 5.41) is 5.38. The summed E-state index contributed by atoms with van der Waals surface area (Å²) in [5.74, 6) is -0.0375. The molecule has 0 unspecified atom stereocenters. The first-order valence-electron chi connectivity index (χ1n) is 8.79. The number of nitrogens with zero attached hydrogens (tertiary/aromatic N) is 2. The van der Waals surface area contributed by atoms with Crippen LogP contribution < -0.4 is 5.32 Å². The number of amides is 1. The van der Waals surface area contributed by atoms with Crippen LogP contribution in [0.4, 0.5) is 4.79 Å². The van der Waals surface area contributed by atoms with Crippen LogP contribution in [0.25, 0.3) is 0 Å². The van der Waals surface area contributed by atoms with Crippen LogP contribution in [0.1, 0.15) is 58.3 Å². The molecule has 150 valence electrons. The van der Waals surface area contributed by atoms with Crippen molar-refractivity contribution >= 4 is 29.3 Å². The Balaban J connectivity index is 2.16. The van der Waals surface area contributed by atoms with Crippen molar-refractivity contribution < 1.29 is 23.8 Å². The van der Waals surface area contributed by atoms with Gasteiger partial charge in [0.2, 0.25) is 5.90 Å². The molecule has 1 aromatic heterocycles. The second kappa shape index (κ2) is 8.24. The summed E-state index contributed by atoms with van der Waals surface area (Å²) >= 11 is 1.39. The molecule has 9 heteroatoms. The fourth-order valence-corrected chi connectivity index (χ4v) is 3.49. The van der Waals surface area contributed by atoms with Crippen LogP contribution in [0.2, 0.25) is 0 Å². The molecular weight excluding hydrogens is 370 g/mol. The van der Waals surface area contributed by atoms with E-state index in [-0.39, 0.29) is 12.0 Å². The smallest absolute Gasteiger partial charge is 0.408 e. The number of hydrogen-bond acceptors (Lipinski definition) is 8. The maximum absolute atomic E-state index is 12.1. The molecule has 0 fully saturated rings. The van der Waals surface area contributed by atoms with Gasteiger partial charge in [-0.1, -0.05) is 13.8 Å². The lowest BCUT2D eigenvalue weighted by molar-refractivity contribution is -0.143. The molecule has 0 saturated heterocycles. The van der Waals surface area contributed by atoms with Gasteiger partial charge in [-0.2, -0.15) is 0 Å². The SMILES string of the molecule is COC(=O)[C@H]1N=C(c2csc([C@@H](NC(=O)OC(C)(C)C)C(C)C)n2)O[C@@H]1C. The first-order chi connectivity index (χ1) is 12.5. The Morgan fingerprint density at radius 1 is 1.33 bits per heavy atom. The van der Waals surface area contributed by atoms with Crippen molar-refractivity contribution in [3.05, 3.63) is 16.1 Å². The number of esters is 1. The van der Waals surface area contributed by atoms with Crippen LogP contribution in [0.15, 0.2) is 10.4 Å². The topological polar surface area (TPSA) is 99.1 Å². The molecule has 8 nitrogen and oxygen atoms in total. The minimum atomic E-state index is -0.698. The van der Waals surface area contributed by atoms with E-state index in [1.165, 1.54) is 18.4 Å². The van der Waals surface area contributed by atoms with Crippen molar-refractivity contribution in [1.29, 1.82) is 0 Å². The third-order valence-corrected chi connectivity index (χ3v) is 4.72. The van der Waals surface area contributed by atoms with Crippen molar-refractivity contribution in [2.45, 2.75) is 65.3 Å². The first-order valence-corrected chi connectivity index (χ1v) is 9.67. The summed E-state index contributed by atoms with van der Waals surface area (Å²) in [6.45, 7) is 11.2. The predicted octanol–water partition coefficient (Wildman–Crippen LogP) is 3.07. The highest BCUT2D eigenvalue weighted by Gasteiger charge is 2.36. The largest absolute Gasteiger partial charge is 0.470 e. The van der Waals surface area contributed by atoms with E-state index < -0.39 is 29.8 Å². The third kappa shape index (κ3) is 5.41. The number of rotatable bonds is 5. The summed E-state index contributed by atoms with van der Waals surface area (Å²) in [6.07, 6.45) is -0.912. The number of carbonyl (C=O) groups excluding carboxylic acids is 2. The van der Waals surface area contributed by atoms with Gasteiger partial charge >= 0.3 is 12.1 Å². The average molecular weight is 397 g/mol. The van der Waals surface area contributed by atoms with E-state index in [2.05, 4.69) is 15.3 Å². The Morgan fingerprint density at radius 3 is 2.56 bits per heavy atom. The molecule has 0 saturated carbocycles. The highest BCUT2D eigenvalue weighted by atomic mass is 32.1. The van der Waals surface area contributed by atoms with Crippen molar-refractivity contribution in [3.63, 3.8) is 0 Å². The van der Waals surface area contributed by atoms with E-state index >= 15 is 0 Å². The van der Waals surface area contributed by atoms with Gasteiger partial charge in [0.05, 0.1) is 13.2 Å². The van der Waals surface area contributed by atoms with Gasteiger partial charge in [0.15, 0.2) is 6.04 Å². The number of thiazole rings is 1. The summed E-state index contributed by atoms with van der Waals surface area (Å²) in [5.41, 5.74) is -0.0460. The molecule has 2 rings (SSSR count). The van der Waals surface area contributed by atoms with E-state index in [1.807, 2.05) is 34.6 Å². The van der Waals surface area contributed by atoms with Crippen molar-refractivity contribution in [3.8, 4) is 0 Å². The van der Waals surface area contributed by atoms with Crippen LogP contribution in [0, 0.1) is 5.92 Å². The minimum Gasteiger partial charge on any atom is -0.470 e. The Morgan fingerprint density at radius 2 is 2.00 bits per heavy atom. The number of carbonyl (C=O) groups is 2. The Hall–Kier alpha value is -2.16. The molecule has 2 heterocycles. The van der Waals surface area contributed by atoms with Crippen molar-refractivity contribution in [2.24, 2.45) is 10.9 Å². The van der Waals surface area contributed by atoms with Gasteiger partial charge in [0, 0.05) is 5.38 Å². The van der Waals surface area contributed by atoms with Crippen LogP contribution in [0.3, 0.4) is 0 Å². The molecule has 0 aliphatic carbocycles. The van der Waals surface area contributed by atoms with E-state index in [1.54, 1.807) is 12.3 Å². The molecule has 0 bridgehead atoms. The van der Waals surface area contributed by atoms with E-state index in [0.717, 1.165) is 0 Å². The number of aliphatic imine (C=N–C) groups is 1. The second-order valence-corrected chi connectivity index (χ2v) is 8.55. The second-order valence-electron chi connectivity index (χ2n) is 7.66. The van der Waals surface area contributed by atoms with Crippen LogP contribution in [-0.2, 0) is 19.0 Å². The first kappa shape index (κ1) is 21.1. The highest BCUT2D eigenvalue weighted by Crippen LogP contribution is 2.27. The van der Waals surface area contributed by atoms with Gasteiger partial charge < -0.3 is 19.5 Å². The third-order valence-electron chi connectivity index (χ3n) is 3.79. The maximum atomic E-state index is 12.1. The standard InChI is InChI=1S/C18H27N3O5S/c1-9(2)12(21-17(23)26-18(4,5)6)15-19-11(8-27-15)14-20-13(10(3)25-14)16(22)24-7/h8-10,12-13H,1-7H3,(H,21,23)/t10-,12+,13+/m1/s1. The Labute approximate surface area is 163 Å². The zero-order chi connectivity index (χ0) is 20.4. The van der Waals surface area contributed by atoms with Gasteiger partial charge in [-0.25, -0.2) is 19.6 Å².